The molecule has 0 saturated carbocycles. The van der Waals surface area contributed by atoms with Crippen molar-refractivity contribution in [2.24, 2.45) is 7.05 Å². The number of rotatable bonds is 1. The van der Waals surface area contributed by atoms with E-state index in [0.717, 1.165) is 0 Å². The van der Waals surface area contributed by atoms with E-state index in [-0.39, 0.29) is 11.8 Å². The van der Waals surface area contributed by atoms with Gasteiger partial charge in [0.15, 0.2) is 0 Å². The largest absolute Gasteiger partial charge is 0.444 e. The van der Waals surface area contributed by atoms with E-state index in [9.17, 15) is 14.9 Å². The second kappa shape index (κ2) is 7.74. The maximum absolute atomic E-state index is 11.5. The Morgan fingerprint density at radius 2 is 2.00 bits per heavy atom. The summed E-state index contributed by atoms with van der Waals surface area (Å²) in [5, 5.41) is 13.6. The van der Waals surface area contributed by atoms with Gasteiger partial charge in [-0.15, -0.1) is 0 Å². The summed E-state index contributed by atoms with van der Waals surface area (Å²) < 4.78 is 11.7. The van der Waals surface area contributed by atoms with Crippen molar-refractivity contribution in [2.75, 3.05) is 26.3 Å². The molecule has 0 N–H and O–H groups in total. The van der Waals surface area contributed by atoms with Crippen LogP contribution in [0, 0.1) is 10.1 Å². The molecule has 1 amide bonds. The van der Waals surface area contributed by atoms with E-state index in [1.54, 1.807) is 11.9 Å². The van der Waals surface area contributed by atoms with E-state index in [0.29, 0.717) is 26.3 Å². The molecule has 0 bridgehead atoms. The molecule has 9 heteroatoms. The Hall–Kier alpha value is -2.16. The Morgan fingerprint density at radius 3 is 2.36 bits per heavy atom. The number of aryl methyl sites for hydroxylation is 1. The Labute approximate surface area is 128 Å². The molecule has 2 rings (SSSR count). The van der Waals surface area contributed by atoms with Crippen molar-refractivity contribution in [2.45, 2.75) is 26.4 Å². The first-order chi connectivity index (χ1) is 10.2. The fraction of sp³-hybridized carbons (Fsp3) is 0.692. The van der Waals surface area contributed by atoms with Crippen LogP contribution in [0.2, 0.25) is 0 Å². The summed E-state index contributed by atoms with van der Waals surface area (Å²) in [6.45, 7) is 8.09. The molecule has 0 atom stereocenters. The molecule has 9 nitrogen and oxygen atoms in total. The number of amides is 1. The van der Waals surface area contributed by atoms with Gasteiger partial charge in [0.05, 0.1) is 18.1 Å². The molecule has 2 heterocycles. The van der Waals surface area contributed by atoms with Gasteiger partial charge in [-0.2, -0.15) is 5.10 Å². The number of ether oxygens (including phenoxy) is 2. The molecule has 1 aliphatic heterocycles. The fourth-order valence-corrected chi connectivity index (χ4v) is 1.57. The number of nitrogens with zero attached hydrogens (tertiary/aromatic N) is 4. The first-order valence-electron chi connectivity index (χ1n) is 6.88. The minimum atomic E-state index is -0.479. The Morgan fingerprint density at radius 1 is 1.41 bits per heavy atom. The summed E-state index contributed by atoms with van der Waals surface area (Å²) in [7, 11) is 1.63. The van der Waals surface area contributed by atoms with Crippen LogP contribution in [0.15, 0.2) is 12.4 Å². The van der Waals surface area contributed by atoms with Crippen molar-refractivity contribution in [3.05, 3.63) is 22.5 Å². The highest BCUT2D eigenvalue weighted by molar-refractivity contribution is 5.68. The molecule has 22 heavy (non-hydrogen) atoms. The summed E-state index contributed by atoms with van der Waals surface area (Å²) >= 11 is 0. The highest BCUT2D eigenvalue weighted by Gasteiger charge is 2.23. The van der Waals surface area contributed by atoms with Crippen molar-refractivity contribution in [3.8, 4) is 0 Å². The molecule has 0 unspecified atom stereocenters. The highest BCUT2D eigenvalue weighted by Crippen LogP contribution is 2.10. The number of hydrogen-bond acceptors (Lipinski definition) is 6. The average molecular weight is 314 g/mol. The lowest BCUT2D eigenvalue weighted by molar-refractivity contribution is -0.384. The van der Waals surface area contributed by atoms with Gasteiger partial charge in [0, 0.05) is 20.1 Å². The molecule has 1 aliphatic rings. The van der Waals surface area contributed by atoms with Gasteiger partial charge in [-0.1, -0.05) is 0 Å². The fourth-order valence-electron chi connectivity index (χ4n) is 1.57. The normalized spacial score (nSPS) is 14.8. The van der Waals surface area contributed by atoms with Crippen LogP contribution in [0.5, 0.6) is 0 Å². The molecule has 0 radical (unpaired) electrons. The monoisotopic (exact) mass is 314 g/mol. The number of carbonyl (C=O) groups excluding carboxylic acids is 1. The number of morpholine rings is 1. The molecule has 1 fully saturated rings. The summed E-state index contributed by atoms with van der Waals surface area (Å²) in [6.07, 6.45) is 2.32. The van der Waals surface area contributed by atoms with E-state index < -0.39 is 10.5 Å². The highest BCUT2D eigenvalue weighted by atomic mass is 16.6. The van der Waals surface area contributed by atoms with Gasteiger partial charge in [0.1, 0.15) is 18.0 Å². The third kappa shape index (κ3) is 6.53. The van der Waals surface area contributed by atoms with Crippen LogP contribution in [0.3, 0.4) is 0 Å². The van der Waals surface area contributed by atoms with Crippen LogP contribution in [0.1, 0.15) is 20.8 Å². The maximum atomic E-state index is 11.5. The SMILES string of the molecule is CC(C)(C)OC(=O)N1CCOCC1.Cn1cc([N+](=O)[O-])cn1. The van der Waals surface area contributed by atoms with Crippen molar-refractivity contribution >= 4 is 11.8 Å². The second-order valence-corrected chi connectivity index (χ2v) is 5.71. The van der Waals surface area contributed by atoms with E-state index in [1.165, 1.54) is 17.1 Å². The quantitative estimate of drug-likeness (QED) is 0.576. The van der Waals surface area contributed by atoms with Crippen molar-refractivity contribution in [3.63, 3.8) is 0 Å². The lowest BCUT2D eigenvalue weighted by atomic mass is 10.2. The van der Waals surface area contributed by atoms with Gasteiger partial charge < -0.3 is 14.4 Å². The van der Waals surface area contributed by atoms with Crippen molar-refractivity contribution < 1.29 is 19.2 Å². The van der Waals surface area contributed by atoms with E-state index >= 15 is 0 Å². The Kier molecular flexibility index (Phi) is 6.29. The third-order valence-corrected chi connectivity index (χ3v) is 2.56. The molecule has 0 aliphatic carbocycles. The van der Waals surface area contributed by atoms with Gasteiger partial charge in [0.25, 0.3) is 0 Å². The first-order valence-corrected chi connectivity index (χ1v) is 6.88. The molecular weight excluding hydrogens is 292 g/mol. The minimum absolute atomic E-state index is 0.0255. The zero-order valence-electron chi connectivity index (χ0n) is 13.3. The van der Waals surface area contributed by atoms with Crippen LogP contribution in [0.25, 0.3) is 0 Å². The predicted molar refractivity (Wildman–Crippen MR) is 78.5 cm³/mol. The van der Waals surface area contributed by atoms with Gasteiger partial charge >= 0.3 is 11.8 Å². The smallest absolute Gasteiger partial charge is 0.410 e. The summed E-state index contributed by atoms with van der Waals surface area (Å²) in [5.74, 6) is 0. The molecule has 1 aromatic heterocycles. The van der Waals surface area contributed by atoms with Gasteiger partial charge in [-0.3, -0.25) is 14.8 Å². The minimum Gasteiger partial charge on any atom is -0.444 e. The van der Waals surface area contributed by atoms with Gasteiger partial charge in [-0.05, 0) is 20.8 Å². The standard InChI is InChI=1S/C9H17NO3.C4H5N3O2/c1-9(2,3)13-8(11)10-4-6-12-7-5-10;1-6-3-4(2-5-6)7(8)9/h4-7H2,1-3H3;2-3H,1H3. The Bertz CT molecular complexity index is 503. The van der Waals surface area contributed by atoms with Crippen LogP contribution in [-0.4, -0.2) is 57.6 Å². The van der Waals surface area contributed by atoms with Crippen LogP contribution < -0.4 is 0 Å². The van der Waals surface area contributed by atoms with Gasteiger partial charge in [0.2, 0.25) is 0 Å². The van der Waals surface area contributed by atoms with Crippen molar-refractivity contribution in [1.82, 2.24) is 14.7 Å². The summed E-state index contributed by atoms with van der Waals surface area (Å²) in [4.78, 5) is 22.6. The third-order valence-electron chi connectivity index (χ3n) is 2.56. The molecule has 0 aromatic carbocycles. The average Bonchev–Trinajstić information content (AvgIpc) is 2.85. The number of aromatic nitrogens is 2. The summed E-state index contributed by atoms with van der Waals surface area (Å²) in [6, 6.07) is 0. The molecular formula is C13H22N4O5. The lowest BCUT2D eigenvalue weighted by Gasteiger charge is -2.29. The zero-order valence-corrected chi connectivity index (χ0v) is 13.3. The maximum Gasteiger partial charge on any atom is 0.410 e. The van der Waals surface area contributed by atoms with E-state index in [4.69, 9.17) is 9.47 Å². The predicted octanol–water partition coefficient (Wildman–Crippen LogP) is 1.58. The zero-order chi connectivity index (χ0) is 16.8. The molecule has 1 saturated heterocycles. The van der Waals surface area contributed by atoms with Crippen molar-refractivity contribution in [1.29, 1.82) is 0 Å². The number of hydrogen-bond donors (Lipinski definition) is 0. The summed E-state index contributed by atoms with van der Waals surface area (Å²) in [5.41, 5.74) is -0.382. The second-order valence-electron chi connectivity index (χ2n) is 5.71. The van der Waals surface area contributed by atoms with Crippen LogP contribution in [-0.2, 0) is 16.5 Å². The van der Waals surface area contributed by atoms with Crippen LogP contribution in [0.4, 0.5) is 10.5 Å². The molecule has 124 valence electrons. The topological polar surface area (TPSA) is 99.7 Å². The Balaban J connectivity index is 0.000000235. The van der Waals surface area contributed by atoms with Crippen LogP contribution >= 0.6 is 0 Å². The van der Waals surface area contributed by atoms with E-state index in [1.807, 2.05) is 20.8 Å². The molecule has 1 aromatic rings. The number of nitro groups is 1. The first kappa shape index (κ1) is 17.9. The lowest BCUT2D eigenvalue weighted by Crippen LogP contribution is -2.43. The molecule has 0 spiro atoms. The van der Waals surface area contributed by atoms with E-state index in [2.05, 4.69) is 5.10 Å². The number of carbonyl (C=O) groups is 1. The van der Waals surface area contributed by atoms with Gasteiger partial charge in [-0.25, -0.2) is 4.79 Å².